The lowest BCUT2D eigenvalue weighted by Crippen LogP contribution is -2.39. The first-order valence-electron chi connectivity index (χ1n) is 9.09. The molecule has 1 aliphatic rings. The number of amides is 1. The molecule has 0 saturated carbocycles. The molecule has 0 saturated heterocycles. The Morgan fingerprint density at radius 1 is 1.14 bits per heavy atom. The number of rotatable bonds is 4. The molecule has 2 aromatic carbocycles. The monoisotopic (exact) mass is 377 g/mol. The number of fused-ring (bicyclic) bond motifs is 2. The number of carbonyl (C=O) groups is 2. The van der Waals surface area contributed by atoms with Gasteiger partial charge in [0.25, 0.3) is 11.5 Å². The van der Waals surface area contributed by atoms with Gasteiger partial charge in [-0.2, -0.15) is 5.10 Å². The summed E-state index contributed by atoms with van der Waals surface area (Å²) in [7, 11) is 0. The number of aromatic nitrogens is 2. The average molecular weight is 377 g/mol. The Hall–Kier alpha value is -3.48. The zero-order valence-electron chi connectivity index (χ0n) is 15.3. The number of ether oxygens (including phenoxy) is 1. The normalized spacial score (nSPS) is 14.0. The molecule has 2 heterocycles. The molecule has 0 radical (unpaired) electrons. The SMILES string of the molecule is C[C@H](OC(=O)Cc1n[nH]c(=O)c2ccccc12)C(=O)N1CCc2ccccc21. The van der Waals surface area contributed by atoms with Crippen molar-refractivity contribution < 1.29 is 14.3 Å². The summed E-state index contributed by atoms with van der Waals surface area (Å²) in [5.41, 5.74) is 2.07. The van der Waals surface area contributed by atoms with Gasteiger partial charge in [0.2, 0.25) is 0 Å². The fraction of sp³-hybridized carbons (Fsp3) is 0.238. The predicted octanol–water partition coefficient (Wildman–Crippen LogP) is 1.99. The lowest BCUT2D eigenvalue weighted by molar-refractivity contribution is -0.153. The minimum Gasteiger partial charge on any atom is -0.452 e. The molecule has 3 aromatic rings. The van der Waals surface area contributed by atoms with Crippen LogP contribution in [-0.4, -0.2) is 34.7 Å². The zero-order valence-corrected chi connectivity index (χ0v) is 15.3. The molecule has 7 heteroatoms. The quantitative estimate of drug-likeness (QED) is 0.702. The van der Waals surface area contributed by atoms with Crippen molar-refractivity contribution in [1.29, 1.82) is 0 Å². The number of aromatic amines is 1. The van der Waals surface area contributed by atoms with Crippen LogP contribution in [0.2, 0.25) is 0 Å². The number of anilines is 1. The van der Waals surface area contributed by atoms with Crippen LogP contribution in [0, 0.1) is 0 Å². The van der Waals surface area contributed by atoms with E-state index in [-0.39, 0.29) is 17.9 Å². The van der Waals surface area contributed by atoms with Crippen molar-refractivity contribution in [1.82, 2.24) is 10.2 Å². The molecule has 4 rings (SSSR count). The molecule has 0 fully saturated rings. The second-order valence-corrected chi connectivity index (χ2v) is 6.72. The number of para-hydroxylation sites is 1. The predicted molar refractivity (Wildman–Crippen MR) is 104 cm³/mol. The van der Waals surface area contributed by atoms with Gasteiger partial charge in [0.1, 0.15) is 0 Å². The van der Waals surface area contributed by atoms with Crippen LogP contribution < -0.4 is 10.5 Å². The molecule has 1 atom stereocenters. The van der Waals surface area contributed by atoms with Crippen molar-refractivity contribution in [2.75, 3.05) is 11.4 Å². The number of H-pyrrole nitrogens is 1. The number of esters is 1. The van der Waals surface area contributed by atoms with E-state index in [0.717, 1.165) is 17.7 Å². The molecule has 0 spiro atoms. The molecular formula is C21H19N3O4. The van der Waals surface area contributed by atoms with Crippen LogP contribution in [-0.2, 0) is 27.2 Å². The van der Waals surface area contributed by atoms with Gasteiger partial charge in [-0.15, -0.1) is 0 Å². The average Bonchev–Trinajstić information content (AvgIpc) is 3.14. The van der Waals surface area contributed by atoms with Crippen LogP contribution in [0.4, 0.5) is 5.69 Å². The smallest absolute Gasteiger partial charge is 0.312 e. The molecular weight excluding hydrogens is 358 g/mol. The molecule has 28 heavy (non-hydrogen) atoms. The minimum absolute atomic E-state index is 0.133. The summed E-state index contributed by atoms with van der Waals surface area (Å²) >= 11 is 0. The van der Waals surface area contributed by atoms with E-state index >= 15 is 0 Å². The van der Waals surface area contributed by atoms with Crippen LogP contribution in [0.15, 0.2) is 53.3 Å². The molecule has 0 aliphatic carbocycles. The highest BCUT2D eigenvalue weighted by molar-refractivity contribution is 5.99. The third-order valence-electron chi connectivity index (χ3n) is 4.90. The number of benzene rings is 2. The Bertz CT molecular complexity index is 1120. The van der Waals surface area contributed by atoms with Crippen molar-refractivity contribution >= 4 is 28.3 Å². The lowest BCUT2D eigenvalue weighted by atomic mass is 10.1. The standard InChI is InChI=1S/C21H19N3O4/c1-13(21(27)24-11-10-14-6-2-5-9-18(14)24)28-19(25)12-17-15-7-3-4-8-16(15)20(26)23-22-17/h2-9,13H,10-12H2,1H3,(H,23,26)/t13-/m0/s1. The number of nitrogens with zero attached hydrogens (tertiary/aromatic N) is 2. The van der Waals surface area contributed by atoms with E-state index in [1.807, 2.05) is 24.3 Å². The third-order valence-corrected chi connectivity index (χ3v) is 4.90. The van der Waals surface area contributed by atoms with Gasteiger partial charge in [-0.3, -0.25) is 14.4 Å². The van der Waals surface area contributed by atoms with Gasteiger partial charge in [0, 0.05) is 17.6 Å². The second-order valence-electron chi connectivity index (χ2n) is 6.72. The maximum Gasteiger partial charge on any atom is 0.312 e. The maximum absolute atomic E-state index is 12.7. The van der Waals surface area contributed by atoms with Crippen LogP contribution in [0.3, 0.4) is 0 Å². The molecule has 142 valence electrons. The van der Waals surface area contributed by atoms with Gasteiger partial charge in [-0.1, -0.05) is 36.4 Å². The first-order valence-corrected chi connectivity index (χ1v) is 9.09. The minimum atomic E-state index is -0.910. The first kappa shape index (κ1) is 17.9. The highest BCUT2D eigenvalue weighted by atomic mass is 16.5. The van der Waals surface area contributed by atoms with Crippen molar-refractivity contribution in [3.8, 4) is 0 Å². The number of hydrogen-bond donors (Lipinski definition) is 1. The summed E-state index contributed by atoms with van der Waals surface area (Å²) in [4.78, 5) is 38.6. The Kier molecular flexibility index (Phi) is 4.65. The van der Waals surface area contributed by atoms with Crippen molar-refractivity contribution in [3.05, 3.63) is 70.1 Å². The number of carbonyl (C=O) groups excluding carboxylic acids is 2. The maximum atomic E-state index is 12.7. The highest BCUT2D eigenvalue weighted by Gasteiger charge is 2.29. The molecule has 0 bridgehead atoms. The van der Waals surface area contributed by atoms with Gasteiger partial charge in [-0.25, -0.2) is 5.10 Å². The van der Waals surface area contributed by atoms with E-state index < -0.39 is 12.1 Å². The summed E-state index contributed by atoms with van der Waals surface area (Å²) in [6, 6.07) is 14.6. The summed E-state index contributed by atoms with van der Waals surface area (Å²) in [6.45, 7) is 2.14. The van der Waals surface area contributed by atoms with Crippen molar-refractivity contribution in [2.45, 2.75) is 25.9 Å². The van der Waals surface area contributed by atoms with Crippen LogP contribution in [0.25, 0.3) is 10.8 Å². The topological polar surface area (TPSA) is 92.4 Å². The van der Waals surface area contributed by atoms with Crippen molar-refractivity contribution in [2.24, 2.45) is 0 Å². The summed E-state index contributed by atoms with van der Waals surface area (Å²) < 4.78 is 5.36. The van der Waals surface area contributed by atoms with Gasteiger partial charge in [0.15, 0.2) is 6.10 Å². The van der Waals surface area contributed by atoms with Gasteiger partial charge in [-0.05, 0) is 31.0 Å². The molecule has 0 unspecified atom stereocenters. The Balaban J connectivity index is 1.47. The summed E-state index contributed by atoms with van der Waals surface area (Å²) in [6.07, 6.45) is -0.255. The van der Waals surface area contributed by atoms with Crippen LogP contribution in [0.1, 0.15) is 18.2 Å². The third kappa shape index (κ3) is 3.26. The second kappa shape index (κ2) is 7.26. The number of hydrogen-bond acceptors (Lipinski definition) is 5. The zero-order chi connectivity index (χ0) is 19.7. The van der Waals surface area contributed by atoms with E-state index in [4.69, 9.17) is 4.74 Å². The molecule has 1 aromatic heterocycles. The van der Waals surface area contributed by atoms with E-state index in [9.17, 15) is 14.4 Å². The van der Waals surface area contributed by atoms with E-state index in [1.54, 1.807) is 36.1 Å². The van der Waals surface area contributed by atoms with Crippen LogP contribution in [0.5, 0.6) is 0 Å². The first-order chi connectivity index (χ1) is 13.5. The number of nitrogens with one attached hydrogen (secondary N) is 1. The molecule has 1 aliphatic heterocycles. The molecule has 7 nitrogen and oxygen atoms in total. The van der Waals surface area contributed by atoms with Gasteiger partial charge < -0.3 is 9.64 Å². The lowest BCUT2D eigenvalue weighted by Gasteiger charge is -2.21. The molecule has 1 N–H and O–H groups in total. The fourth-order valence-electron chi connectivity index (χ4n) is 3.52. The fourth-order valence-corrected chi connectivity index (χ4v) is 3.52. The highest BCUT2D eigenvalue weighted by Crippen LogP contribution is 2.28. The Morgan fingerprint density at radius 2 is 1.86 bits per heavy atom. The van der Waals surface area contributed by atoms with Crippen molar-refractivity contribution in [3.63, 3.8) is 0 Å². The Labute approximate surface area is 160 Å². The molecule has 1 amide bonds. The van der Waals surface area contributed by atoms with Gasteiger partial charge >= 0.3 is 5.97 Å². The Morgan fingerprint density at radius 3 is 2.68 bits per heavy atom. The van der Waals surface area contributed by atoms with E-state index in [2.05, 4.69) is 10.2 Å². The summed E-state index contributed by atoms with van der Waals surface area (Å²) in [5, 5.41) is 7.41. The van der Waals surface area contributed by atoms with E-state index in [1.165, 1.54) is 0 Å². The van der Waals surface area contributed by atoms with Crippen LogP contribution >= 0.6 is 0 Å². The summed E-state index contributed by atoms with van der Waals surface area (Å²) in [5.74, 6) is -0.824. The largest absolute Gasteiger partial charge is 0.452 e. The van der Waals surface area contributed by atoms with Gasteiger partial charge in [0.05, 0.1) is 17.5 Å². The van der Waals surface area contributed by atoms with E-state index in [0.29, 0.717) is 23.0 Å².